The van der Waals surface area contributed by atoms with Gasteiger partial charge in [-0.25, -0.2) is 0 Å². The van der Waals surface area contributed by atoms with Crippen molar-refractivity contribution in [3.05, 3.63) is 0 Å². The van der Waals surface area contributed by atoms with Crippen LogP contribution in [0.25, 0.3) is 0 Å². The molecule has 2 rings (SSSR count). The Kier molecular flexibility index (Phi) is 6.30. The van der Waals surface area contributed by atoms with Gasteiger partial charge in [0, 0.05) is 13.0 Å². The fourth-order valence-corrected chi connectivity index (χ4v) is 3.47. The quantitative estimate of drug-likeness (QED) is 0.802. The predicted octanol–water partition coefficient (Wildman–Crippen LogP) is 1.47. The molecule has 4 heteroatoms. The van der Waals surface area contributed by atoms with Gasteiger partial charge in [-0.05, 0) is 76.7 Å². The molecule has 0 aromatic heterocycles. The van der Waals surface area contributed by atoms with Gasteiger partial charge in [-0.1, -0.05) is 6.92 Å². The number of nitrogens with one attached hydrogen (secondary N) is 2. The molecule has 0 aromatic rings. The Morgan fingerprint density at radius 3 is 2.55 bits per heavy atom. The second kappa shape index (κ2) is 7.99. The van der Waals surface area contributed by atoms with Gasteiger partial charge in [0.15, 0.2) is 0 Å². The van der Waals surface area contributed by atoms with Gasteiger partial charge in [0.25, 0.3) is 0 Å². The van der Waals surface area contributed by atoms with Crippen molar-refractivity contribution >= 4 is 5.91 Å². The molecule has 0 saturated carbocycles. The topological polar surface area (TPSA) is 44.4 Å². The molecule has 0 spiro atoms. The molecule has 2 fully saturated rings. The van der Waals surface area contributed by atoms with E-state index in [0.29, 0.717) is 18.3 Å². The van der Waals surface area contributed by atoms with Crippen LogP contribution in [-0.2, 0) is 4.79 Å². The highest BCUT2D eigenvalue weighted by Crippen LogP contribution is 2.24. The van der Waals surface area contributed by atoms with Crippen molar-refractivity contribution in [2.24, 2.45) is 17.8 Å². The van der Waals surface area contributed by atoms with E-state index in [0.717, 1.165) is 25.6 Å². The number of likely N-dealkylation sites (tertiary alicyclic amines) is 1. The van der Waals surface area contributed by atoms with E-state index in [9.17, 15) is 4.79 Å². The van der Waals surface area contributed by atoms with Crippen LogP contribution in [0.5, 0.6) is 0 Å². The summed E-state index contributed by atoms with van der Waals surface area (Å²) in [5.41, 5.74) is 0. The summed E-state index contributed by atoms with van der Waals surface area (Å²) in [6, 6.07) is 0. The van der Waals surface area contributed by atoms with Crippen molar-refractivity contribution in [3.63, 3.8) is 0 Å². The van der Waals surface area contributed by atoms with Crippen molar-refractivity contribution in [1.29, 1.82) is 0 Å². The Hall–Kier alpha value is -0.610. The molecule has 2 N–H and O–H groups in total. The summed E-state index contributed by atoms with van der Waals surface area (Å²) >= 11 is 0. The van der Waals surface area contributed by atoms with Gasteiger partial charge in [0.1, 0.15) is 0 Å². The largest absolute Gasteiger partial charge is 0.356 e. The Morgan fingerprint density at radius 1 is 1.25 bits per heavy atom. The minimum Gasteiger partial charge on any atom is -0.356 e. The lowest BCUT2D eigenvalue weighted by atomic mass is 9.84. The average molecular weight is 281 g/mol. The monoisotopic (exact) mass is 281 g/mol. The summed E-state index contributed by atoms with van der Waals surface area (Å²) in [5.74, 6) is 2.19. The Bertz CT molecular complexity index is 294. The number of hydrogen-bond donors (Lipinski definition) is 2. The number of carbonyl (C=O) groups excluding carboxylic acids is 1. The van der Waals surface area contributed by atoms with E-state index in [1.165, 1.54) is 38.8 Å². The van der Waals surface area contributed by atoms with E-state index in [1.807, 2.05) is 0 Å². The predicted molar refractivity (Wildman–Crippen MR) is 82.6 cm³/mol. The normalized spacial score (nSPS) is 24.5. The standard InChI is InChI=1S/C16H31N3O/c1-13(15-3-7-17-8-4-15)11-16(20)18-12-14-5-9-19(2)10-6-14/h13-15,17H,3-12H2,1-2H3,(H,18,20). The van der Waals surface area contributed by atoms with Crippen LogP contribution in [-0.4, -0.2) is 50.6 Å². The second-order valence-corrected chi connectivity index (χ2v) is 6.82. The fraction of sp³-hybridized carbons (Fsp3) is 0.938. The van der Waals surface area contributed by atoms with E-state index < -0.39 is 0 Å². The number of amides is 1. The lowest BCUT2D eigenvalue weighted by Crippen LogP contribution is -2.38. The minimum atomic E-state index is 0.259. The number of piperidine rings is 2. The van der Waals surface area contributed by atoms with Crippen molar-refractivity contribution in [2.75, 3.05) is 39.8 Å². The highest BCUT2D eigenvalue weighted by Gasteiger charge is 2.22. The lowest BCUT2D eigenvalue weighted by molar-refractivity contribution is -0.122. The second-order valence-electron chi connectivity index (χ2n) is 6.82. The zero-order chi connectivity index (χ0) is 14.4. The third-order valence-corrected chi connectivity index (χ3v) is 5.12. The molecule has 0 aliphatic carbocycles. The molecule has 0 aromatic carbocycles. The maximum absolute atomic E-state index is 12.1. The SMILES string of the molecule is CC(CC(=O)NCC1CCN(C)CC1)C1CCNCC1. The van der Waals surface area contributed by atoms with Crippen LogP contribution < -0.4 is 10.6 Å². The summed E-state index contributed by atoms with van der Waals surface area (Å²) in [6.45, 7) is 7.70. The first-order valence-electron chi connectivity index (χ1n) is 8.31. The highest BCUT2D eigenvalue weighted by atomic mass is 16.1. The molecule has 116 valence electrons. The van der Waals surface area contributed by atoms with Crippen LogP contribution >= 0.6 is 0 Å². The zero-order valence-corrected chi connectivity index (χ0v) is 13.2. The number of carbonyl (C=O) groups is 1. The zero-order valence-electron chi connectivity index (χ0n) is 13.2. The summed E-state index contributed by atoms with van der Waals surface area (Å²) in [5, 5.41) is 6.55. The average Bonchev–Trinajstić information content (AvgIpc) is 2.47. The van der Waals surface area contributed by atoms with Crippen molar-refractivity contribution in [3.8, 4) is 0 Å². The molecule has 2 aliphatic rings. The highest BCUT2D eigenvalue weighted by molar-refractivity contribution is 5.76. The molecule has 2 heterocycles. The minimum absolute atomic E-state index is 0.259. The molecule has 1 unspecified atom stereocenters. The lowest BCUT2D eigenvalue weighted by Gasteiger charge is -2.30. The third kappa shape index (κ3) is 5.06. The number of hydrogen-bond acceptors (Lipinski definition) is 3. The molecule has 2 aliphatic heterocycles. The van der Waals surface area contributed by atoms with Gasteiger partial charge < -0.3 is 15.5 Å². The molecule has 2 saturated heterocycles. The van der Waals surface area contributed by atoms with E-state index in [2.05, 4.69) is 29.5 Å². The fourth-order valence-electron chi connectivity index (χ4n) is 3.47. The van der Waals surface area contributed by atoms with Crippen LogP contribution in [0.15, 0.2) is 0 Å². The third-order valence-electron chi connectivity index (χ3n) is 5.12. The summed E-state index contributed by atoms with van der Waals surface area (Å²) < 4.78 is 0. The van der Waals surface area contributed by atoms with Gasteiger partial charge in [0.2, 0.25) is 5.91 Å². The first-order valence-corrected chi connectivity index (χ1v) is 8.31. The van der Waals surface area contributed by atoms with Gasteiger partial charge >= 0.3 is 0 Å². The van der Waals surface area contributed by atoms with Gasteiger partial charge in [-0.15, -0.1) is 0 Å². The van der Waals surface area contributed by atoms with Crippen LogP contribution in [0.1, 0.15) is 39.0 Å². The molecule has 0 bridgehead atoms. The molecule has 0 radical (unpaired) electrons. The van der Waals surface area contributed by atoms with Crippen molar-refractivity contribution < 1.29 is 4.79 Å². The molecular formula is C16H31N3O. The maximum atomic E-state index is 12.1. The van der Waals surface area contributed by atoms with E-state index >= 15 is 0 Å². The van der Waals surface area contributed by atoms with Crippen molar-refractivity contribution in [2.45, 2.75) is 39.0 Å². The maximum Gasteiger partial charge on any atom is 0.220 e. The number of nitrogens with zero attached hydrogens (tertiary/aromatic N) is 1. The van der Waals surface area contributed by atoms with E-state index in [-0.39, 0.29) is 5.91 Å². The van der Waals surface area contributed by atoms with Gasteiger partial charge in [-0.2, -0.15) is 0 Å². The van der Waals surface area contributed by atoms with Gasteiger partial charge in [-0.3, -0.25) is 4.79 Å². The van der Waals surface area contributed by atoms with Crippen LogP contribution in [0.2, 0.25) is 0 Å². The van der Waals surface area contributed by atoms with Crippen molar-refractivity contribution in [1.82, 2.24) is 15.5 Å². The van der Waals surface area contributed by atoms with Gasteiger partial charge in [0.05, 0.1) is 0 Å². The Labute approximate surface area is 123 Å². The Morgan fingerprint density at radius 2 is 1.90 bits per heavy atom. The molecule has 4 nitrogen and oxygen atoms in total. The van der Waals surface area contributed by atoms with E-state index in [4.69, 9.17) is 0 Å². The molecule has 20 heavy (non-hydrogen) atoms. The summed E-state index contributed by atoms with van der Waals surface area (Å²) in [7, 11) is 2.18. The molecule has 1 atom stereocenters. The Balaban J connectivity index is 1.62. The number of rotatable bonds is 5. The first-order chi connectivity index (χ1) is 9.65. The van der Waals surface area contributed by atoms with Crippen LogP contribution in [0, 0.1) is 17.8 Å². The summed E-state index contributed by atoms with van der Waals surface area (Å²) in [6.07, 6.45) is 5.60. The smallest absolute Gasteiger partial charge is 0.220 e. The summed E-state index contributed by atoms with van der Waals surface area (Å²) in [4.78, 5) is 14.4. The molecule has 1 amide bonds. The van der Waals surface area contributed by atoms with Crippen LogP contribution in [0.4, 0.5) is 0 Å². The van der Waals surface area contributed by atoms with Crippen LogP contribution in [0.3, 0.4) is 0 Å². The first kappa shape index (κ1) is 15.8. The molecular weight excluding hydrogens is 250 g/mol. The van der Waals surface area contributed by atoms with E-state index in [1.54, 1.807) is 0 Å².